The zero-order valence-corrected chi connectivity index (χ0v) is 8.35. The van der Waals surface area contributed by atoms with Crippen molar-refractivity contribution in [3.8, 4) is 0 Å². The monoisotopic (exact) mass is 200 g/mol. The van der Waals surface area contributed by atoms with Gasteiger partial charge in [0.15, 0.2) is 0 Å². The van der Waals surface area contributed by atoms with Crippen molar-refractivity contribution in [2.75, 3.05) is 11.5 Å². The summed E-state index contributed by atoms with van der Waals surface area (Å²) in [4.78, 5) is 3.75. The molecule has 72 valence electrons. The molecule has 1 aromatic heterocycles. The molecule has 0 radical (unpaired) electrons. The molecule has 0 aliphatic rings. The molecule has 0 aliphatic heterocycles. The summed E-state index contributed by atoms with van der Waals surface area (Å²) >= 11 is 1.74. The summed E-state index contributed by atoms with van der Waals surface area (Å²) in [7, 11) is 0. The van der Waals surface area contributed by atoms with Gasteiger partial charge in [-0.15, -0.1) is 0 Å². The summed E-state index contributed by atoms with van der Waals surface area (Å²) in [5.74, 6) is 1.51. The highest BCUT2D eigenvalue weighted by molar-refractivity contribution is 7.99. The average molecular weight is 200 g/mol. The summed E-state index contributed by atoms with van der Waals surface area (Å²) in [5.41, 5.74) is 6.59. The van der Waals surface area contributed by atoms with Crippen LogP contribution in [-0.2, 0) is 0 Å². The van der Waals surface area contributed by atoms with Crippen molar-refractivity contribution >= 4 is 11.8 Å². The highest BCUT2D eigenvalue weighted by Crippen LogP contribution is 2.15. The Balaban J connectivity index is 2.60. The minimum atomic E-state index is -0.325. The van der Waals surface area contributed by atoms with Gasteiger partial charge in [-0.3, -0.25) is 4.98 Å². The maximum absolute atomic E-state index is 12.7. The SMILES string of the molecule is CCSCC(N)c1cncc(F)c1. The van der Waals surface area contributed by atoms with Crippen LogP contribution < -0.4 is 5.73 Å². The molecule has 0 bridgehead atoms. The van der Waals surface area contributed by atoms with Crippen LogP contribution in [0.2, 0.25) is 0 Å². The van der Waals surface area contributed by atoms with E-state index in [9.17, 15) is 4.39 Å². The molecular formula is C9H13FN2S. The Hall–Kier alpha value is -0.610. The topological polar surface area (TPSA) is 38.9 Å². The first-order valence-corrected chi connectivity index (χ1v) is 5.33. The highest BCUT2D eigenvalue weighted by atomic mass is 32.2. The van der Waals surface area contributed by atoms with Crippen LogP contribution in [0.4, 0.5) is 4.39 Å². The quantitative estimate of drug-likeness (QED) is 0.807. The molecule has 4 heteroatoms. The molecular weight excluding hydrogens is 187 g/mol. The Labute approximate surface area is 81.7 Å². The Morgan fingerprint density at radius 2 is 2.38 bits per heavy atom. The summed E-state index contributed by atoms with van der Waals surface area (Å²) in [6, 6.07) is 1.32. The lowest BCUT2D eigenvalue weighted by Crippen LogP contribution is -2.13. The van der Waals surface area contributed by atoms with E-state index in [1.54, 1.807) is 18.0 Å². The van der Waals surface area contributed by atoms with Gasteiger partial charge in [-0.05, 0) is 17.4 Å². The Kier molecular flexibility index (Phi) is 4.18. The van der Waals surface area contributed by atoms with Crippen LogP contribution in [0.5, 0.6) is 0 Å². The summed E-state index contributed by atoms with van der Waals surface area (Å²) in [6.45, 7) is 2.07. The minimum absolute atomic E-state index is 0.117. The van der Waals surface area contributed by atoms with E-state index in [1.807, 2.05) is 0 Å². The maximum atomic E-state index is 12.7. The van der Waals surface area contributed by atoms with Crippen molar-refractivity contribution in [3.63, 3.8) is 0 Å². The summed E-state index contributed by atoms with van der Waals surface area (Å²) < 4.78 is 12.7. The molecule has 0 aliphatic carbocycles. The van der Waals surface area contributed by atoms with E-state index in [2.05, 4.69) is 11.9 Å². The van der Waals surface area contributed by atoms with Gasteiger partial charge in [-0.2, -0.15) is 11.8 Å². The van der Waals surface area contributed by atoms with Crippen LogP contribution >= 0.6 is 11.8 Å². The van der Waals surface area contributed by atoms with E-state index in [-0.39, 0.29) is 11.9 Å². The number of nitrogens with two attached hydrogens (primary N) is 1. The second kappa shape index (κ2) is 5.19. The van der Waals surface area contributed by atoms with Crippen molar-refractivity contribution < 1.29 is 4.39 Å². The number of hydrogen-bond donors (Lipinski definition) is 1. The summed E-state index contributed by atoms with van der Waals surface area (Å²) in [6.07, 6.45) is 2.80. The maximum Gasteiger partial charge on any atom is 0.141 e. The number of halogens is 1. The molecule has 13 heavy (non-hydrogen) atoms. The molecule has 2 N–H and O–H groups in total. The standard InChI is InChI=1S/C9H13FN2S/c1-2-13-6-9(11)7-3-8(10)5-12-4-7/h3-5,9H,2,6,11H2,1H3. The smallest absolute Gasteiger partial charge is 0.141 e. The first-order chi connectivity index (χ1) is 6.24. The summed E-state index contributed by atoms with van der Waals surface area (Å²) in [5, 5.41) is 0. The van der Waals surface area contributed by atoms with E-state index < -0.39 is 0 Å². The number of rotatable bonds is 4. The molecule has 0 amide bonds. The first kappa shape index (κ1) is 10.5. The fourth-order valence-corrected chi connectivity index (χ4v) is 1.65. The lowest BCUT2D eigenvalue weighted by atomic mass is 10.1. The lowest BCUT2D eigenvalue weighted by molar-refractivity contribution is 0.615. The predicted molar refractivity (Wildman–Crippen MR) is 54.1 cm³/mol. The number of aromatic nitrogens is 1. The zero-order chi connectivity index (χ0) is 9.68. The van der Waals surface area contributed by atoms with E-state index in [4.69, 9.17) is 5.73 Å². The molecule has 1 aromatic rings. The number of nitrogens with zero attached hydrogens (tertiary/aromatic N) is 1. The fourth-order valence-electron chi connectivity index (χ4n) is 0.972. The van der Waals surface area contributed by atoms with Gasteiger partial charge >= 0.3 is 0 Å². The Morgan fingerprint density at radius 3 is 3.00 bits per heavy atom. The second-order valence-electron chi connectivity index (χ2n) is 2.70. The van der Waals surface area contributed by atoms with Crippen molar-refractivity contribution in [2.24, 2.45) is 5.73 Å². The highest BCUT2D eigenvalue weighted by Gasteiger charge is 2.06. The molecule has 0 saturated heterocycles. The van der Waals surface area contributed by atoms with Gasteiger partial charge in [0.1, 0.15) is 5.82 Å². The molecule has 1 unspecified atom stereocenters. The normalized spacial score (nSPS) is 12.8. The van der Waals surface area contributed by atoms with Crippen molar-refractivity contribution in [1.82, 2.24) is 4.98 Å². The Bertz CT molecular complexity index is 268. The minimum Gasteiger partial charge on any atom is -0.323 e. The first-order valence-electron chi connectivity index (χ1n) is 4.17. The third-order valence-electron chi connectivity index (χ3n) is 1.66. The molecule has 0 spiro atoms. The second-order valence-corrected chi connectivity index (χ2v) is 4.02. The third kappa shape index (κ3) is 3.32. The predicted octanol–water partition coefficient (Wildman–Crippen LogP) is 1.97. The largest absolute Gasteiger partial charge is 0.323 e. The molecule has 1 atom stereocenters. The van der Waals surface area contributed by atoms with Crippen molar-refractivity contribution in [2.45, 2.75) is 13.0 Å². The van der Waals surface area contributed by atoms with Crippen LogP contribution in [0.15, 0.2) is 18.5 Å². The van der Waals surface area contributed by atoms with Crippen LogP contribution in [0.3, 0.4) is 0 Å². The van der Waals surface area contributed by atoms with Crippen molar-refractivity contribution in [1.29, 1.82) is 0 Å². The van der Waals surface area contributed by atoms with Crippen LogP contribution in [-0.4, -0.2) is 16.5 Å². The van der Waals surface area contributed by atoms with Gasteiger partial charge in [0.05, 0.1) is 6.20 Å². The lowest BCUT2D eigenvalue weighted by Gasteiger charge is -2.09. The number of hydrogen-bond acceptors (Lipinski definition) is 3. The van der Waals surface area contributed by atoms with Crippen molar-refractivity contribution in [3.05, 3.63) is 29.8 Å². The van der Waals surface area contributed by atoms with Gasteiger partial charge in [-0.25, -0.2) is 4.39 Å². The van der Waals surface area contributed by atoms with Crippen LogP contribution in [0.1, 0.15) is 18.5 Å². The average Bonchev–Trinajstić information content (AvgIpc) is 2.14. The van der Waals surface area contributed by atoms with E-state index in [1.165, 1.54) is 12.3 Å². The van der Waals surface area contributed by atoms with Gasteiger partial charge in [-0.1, -0.05) is 6.92 Å². The molecule has 0 saturated carbocycles. The van der Waals surface area contributed by atoms with Crippen LogP contribution in [0.25, 0.3) is 0 Å². The molecule has 0 fully saturated rings. The van der Waals surface area contributed by atoms with E-state index in [0.717, 1.165) is 17.1 Å². The van der Waals surface area contributed by atoms with E-state index >= 15 is 0 Å². The van der Waals surface area contributed by atoms with Gasteiger partial charge in [0, 0.05) is 18.0 Å². The zero-order valence-electron chi connectivity index (χ0n) is 7.53. The molecule has 1 rings (SSSR count). The number of pyridine rings is 1. The van der Waals surface area contributed by atoms with E-state index in [0.29, 0.717) is 0 Å². The van der Waals surface area contributed by atoms with Gasteiger partial charge in [0.25, 0.3) is 0 Å². The number of thioether (sulfide) groups is 1. The molecule has 1 heterocycles. The third-order valence-corrected chi connectivity index (χ3v) is 2.66. The fraction of sp³-hybridized carbons (Fsp3) is 0.444. The van der Waals surface area contributed by atoms with Gasteiger partial charge < -0.3 is 5.73 Å². The Morgan fingerprint density at radius 1 is 1.62 bits per heavy atom. The van der Waals surface area contributed by atoms with Crippen LogP contribution in [0, 0.1) is 5.82 Å². The molecule has 2 nitrogen and oxygen atoms in total. The molecule has 0 aromatic carbocycles. The van der Waals surface area contributed by atoms with Gasteiger partial charge in [0.2, 0.25) is 0 Å².